The number of nitrogens with one attached hydrogen (secondary N) is 1. The molecule has 1 aromatic heterocycles. The number of piperidine rings is 1. The maximum atomic E-state index is 14.2. The second-order valence-electron chi connectivity index (χ2n) is 6.64. The highest BCUT2D eigenvalue weighted by molar-refractivity contribution is 5.85. The SMILES string of the molecule is CCN1CCC2(CN(Cc3cc(C)[nH]n3)CC(F)(F)C2)C1=O. The van der Waals surface area contributed by atoms with Crippen LogP contribution in [0.25, 0.3) is 0 Å². The number of carbonyl (C=O) groups is 1. The highest BCUT2D eigenvalue weighted by Gasteiger charge is 2.56. The number of hydrogen-bond donors (Lipinski definition) is 1. The predicted molar refractivity (Wildman–Crippen MR) is 77.5 cm³/mol. The molecular weight excluding hydrogens is 290 g/mol. The normalized spacial score (nSPS) is 28.7. The van der Waals surface area contributed by atoms with Gasteiger partial charge in [-0.05, 0) is 26.3 Å². The lowest BCUT2D eigenvalue weighted by molar-refractivity contribution is -0.155. The summed E-state index contributed by atoms with van der Waals surface area (Å²) in [6.07, 6.45) is 0.191. The number of rotatable bonds is 3. The topological polar surface area (TPSA) is 52.2 Å². The van der Waals surface area contributed by atoms with Crippen molar-refractivity contribution in [1.82, 2.24) is 20.0 Å². The van der Waals surface area contributed by atoms with Crippen molar-refractivity contribution in [2.24, 2.45) is 5.41 Å². The number of aromatic amines is 1. The lowest BCUT2D eigenvalue weighted by Crippen LogP contribution is -2.55. The molecule has 5 nitrogen and oxygen atoms in total. The Kier molecular flexibility index (Phi) is 3.71. The minimum absolute atomic E-state index is 0.113. The second kappa shape index (κ2) is 5.30. The fourth-order valence-corrected chi connectivity index (χ4v) is 3.82. The van der Waals surface area contributed by atoms with E-state index in [9.17, 15) is 13.6 Å². The Hall–Kier alpha value is -1.50. The molecule has 22 heavy (non-hydrogen) atoms. The van der Waals surface area contributed by atoms with Crippen molar-refractivity contribution in [3.63, 3.8) is 0 Å². The lowest BCUT2D eigenvalue weighted by atomic mass is 9.77. The maximum absolute atomic E-state index is 14.2. The first-order valence-corrected chi connectivity index (χ1v) is 7.74. The molecule has 0 saturated carbocycles. The van der Waals surface area contributed by atoms with Gasteiger partial charge in [-0.3, -0.25) is 14.8 Å². The molecule has 0 radical (unpaired) electrons. The fourth-order valence-electron chi connectivity index (χ4n) is 3.82. The molecule has 2 fully saturated rings. The van der Waals surface area contributed by atoms with Gasteiger partial charge in [0.25, 0.3) is 5.92 Å². The number of aromatic nitrogens is 2. The molecule has 2 aliphatic heterocycles. The number of aryl methyl sites for hydroxylation is 1. The number of likely N-dealkylation sites (tertiary alicyclic amines) is 2. The van der Waals surface area contributed by atoms with Gasteiger partial charge in [-0.15, -0.1) is 0 Å². The van der Waals surface area contributed by atoms with Crippen molar-refractivity contribution in [1.29, 1.82) is 0 Å². The Morgan fingerprint density at radius 1 is 1.41 bits per heavy atom. The van der Waals surface area contributed by atoms with Crippen LogP contribution in [0.2, 0.25) is 0 Å². The van der Waals surface area contributed by atoms with Crippen LogP contribution in [-0.4, -0.2) is 58.0 Å². The zero-order chi connectivity index (χ0) is 16.0. The van der Waals surface area contributed by atoms with E-state index in [4.69, 9.17) is 0 Å². The van der Waals surface area contributed by atoms with Crippen molar-refractivity contribution in [3.8, 4) is 0 Å². The number of carbonyl (C=O) groups excluding carboxylic acids is 1. The third kappa shape index (κ3) is 2.74. The Bertz CT molecular complexity index is 574. The monoisotopic (exact) mass is 312 g/mol. The van der Waals surface area contributed by atoms with Gasteiger partial charge in [0, 0.05) is 38.3 Å². The van der Waals surface area contributed by atoms with Gasteiger partial charge in [0.2, 0.25) is 5.91 Å². The van der Waals surface area contributed by atoms with Gasteiger partial charge < -0.3 is 4.90 Å². The van der Waals surface area contributed by atoms with Gasteiger partial charge in [-0.2, -0.15) is 5.10 Å². The van der Waals surface area contributed by atoms with Crippen LogP contribution in [0.1, 0.15) is 31.2 Å². The maximum Gasteiger partial charge on any atom is 0.261 e. The standard InChI is InChI=1S/C15H22F2N4O/c1-3-21-5-4-14(13(21)22)8-15(16,17)10-20(9-14)7-12-6-11(2)18-19-12/h6H,3-5,7-10H2,1-2H3,(H,18,19). The van der Waals surface area contributed by atoms with Crippen LogP contribution in [0.3, 0.4) is 0 Å². The van der Waals surface area contributed by atoms with Gasteiger partial charge in [0.15, 0.2) is 0 Å². The van der Waals surface area contributed by atoms with E-state index >= 15 is 0 Å². The average Bonchev–Trinajstić information content (AvgIpc) is 2.94. The summed E-state index contributed by atoms with van der Waals surface area (Å²) in [5.41, 5.74) is 0.717. The molecule has 3 rings (SSSR count). The van der Waals surface area contributed by atoms with Crippen LogP contribution in [0.15, 0.2) is 6.07 Å². The van der Waals surface area contributed by atoms with Crippen molar-refractivity contribution >= 4 is 5.91 Å². The summed E-state index contributed by atoms with van der Waals surface area (Å²) in [7, 11) is 0. The summed E-state index contributed by atoms with van der Waals surface area (Å²) < 4.78 is 28.4. The Morgan fingerprint density at radius 3 is 2.77 bits per heavy atom. The van der Waals surface area contributed by atoms with E-state index in [1.54, 1.807) is 9.80 Å². The van der Waals surface area contributed by atoms with Crippen molar-refractivity contribution in [2.75, 3.05) is 26.2 Å². The quantitative estimate of drug-likeness (QED) is 0.926. The molecule has 7 heteroatoms. The van der Waals surface area contributed by atoms with E-state index < -0.39 is 11.3 Å². The average molecular weight is 312 g/mol. The van der Waals surface area contributed by atoms with Crippen LogP contribution in [0.4, 0.5) is 8.78 Å². The van der Waals surface area contributed by atoms with Gasteiger partial charge in [0.1, 0.15) is 0 Å². The number of halogens is 2. The number of H-pyrrole nitrogens is 1. The third-order valence-electron chi connectivity index (χ3n) is 4.71. The molecule has 1 spiro atoms. The smallest absolute Gasteiger partial charge is 0.261 e. The molecule has 0 bridgehead atoms. The highest BCUT2D eigenvalue weighted by atomic mass is 19.3. The molecular formula is C15H22F2N4O. The second-order valence-corrected chi connectivity index (χ2v) is 6.64. The summed E-state index contributed by atoms with van der Waals surface area (Å²) in [6, 6.07) is 1.86. The van der Waals surface area contributed by atoms with Gasteiger partial charge in [-0.1, -0.05) is 0 Å². The molecule has 1 amide bonds. The minimum atomic E-state index is -2.83. The van der Waals surface area contributed by atoms with Crippen LogP contribution < -0.4 is 0 Å². The molecule has 1 aromatic rings. The zero-order valence-electron chi connectivity index (χ0n) is 13.0. The summed E-state index contributed by atoms with van der Waals surface area (Å²) in [5.74, 6) is -2.94. The van der Waals surface area contributed by atoms with E-state index in [0.29, 0.717) is 32.6 Å². The van der Waals surface area contributed by atoms with Crippen LogP contribution in [-0.2, 0) is 11.3 Å². The van der Waals surface area contributed by atoms with Gasteiger partial charge >= 0.3 is 0 Å². The van der Waals surface area contributed by atoms with E-state index in [0.717, 1.165) is 11.4 Å². The molecule has 0 aliphatic carbocycles. The molecule has 122 valence electrons. The van der Waals surface area contributed by atoms with E-state index in [-0.39, 0.29) is 18.9 Å². The highest BCUT2D eigenvalue weighted by Crippen LogP contribution is 2.45. The number of hydrogen-bond acceptors (Lipinski definition) is 3. The first-order chi connectivity index (χ1) is 10.3. The third-order valence-corrected chi connectivity index (χ3v) is 4.71. The Labute approximate surface area is 128 Å². The lowest BCUT2D eigenvalue weighted by Gasteiger charge is -2.42. The van der Waals surface area contributed by atoms with Gasteiger partial charge in [-0.25, -0.2) is 8.78 Å². The van der Waals surface area contributed by atoms with E-state index in [1.807, 2.05) is 19.9 Å². The summed E-state index contributed by atoms with van der Waals surface area (Å²) >= 11 is 0. The Balaban J connectivity index is 1.80. The zero-order valence-corrected chi connectivity index (χ0v) is 13.0. The van der Waals surface area contributed by atoms with Crippen molar-refractivity contribution in [3.05, 3.63) is 17.5 Å². The molecule has 1 atom stereocenters. The largest absolute Gasteiger partial charge is 0.342 e. The van der Waals surface area contributed by atoms with E-state index in [2.05, 4.69) is 10.2 Å². The molecule has 1 unspecified atom stereocenters. The molecule has 2 aliphatic rings. The first kappa shape index (κ1) is 15.4. The molecule has 3 heterocycles. The van der Waals surface area contributed by atoms with Gasteiger partial charge in [0.05, 0.1) is 17.7 Å². The van der Waals surface area contributed by atoms with Crippen molar-refractivity contribution in [2.45, 2.75) is 39.2 Å². The predicted octanol–water partition coefficient (Wildman–Crippen LogP) is 1.80. The summed E-state index contributed by atoms with van der Waals surface area (Å²) in [6.45, 7) is 5.38. The molecule has 2 saturated heterocycles. The molecule has 1 N–H and O–H groups in total. The van der Waals surface area contributed by atoms with Crippen molar-refractivity contribution < 1.29 is 13.6 Å². The number of amides is 1. The number of alkyl halides is 2. The first-order valence-electron chi connectivity index (χ1n) is 7.74. The van der Waals surface area contributed by atoms with Crippen LogP contribution >= 0.6 is 0 Å². The fraction of sp³-hybridized carbons (Fsp3) is 0.733. The minimum Gasteiger partial charge on any atom is -0.342 e. The molecule has 0 aromatic carbocycles. The number of nitrogens with zero attached hydrogens (tertiary/aromatic N) is 3. The van der Waals surface area contributed by atoms with Crippen LogP contribution in [0.5, 0.6) is 0 Å². The Morgan fingerprint density at radius 2 is 2.18 bits per heavy atom. The van der Waals surface area contributed by atoms with Crippen LogP contribution in [0, 0.1) is 12.3 Å². The summed E-state index contributed by atoms with van der Waals surface area (Å²) in [4.78, 5) is 15.9. The summed E-state index contributed by atoms with van der Waals surface area (Å²) in [5, 5.41) is 6.94. The van der Waals surface area contributed by atoms with E-state index in [1.165, 1.54) is 0 Å².